The first-order chi connectivity index (χ1) is 11.6. The number of nitrogens with zero attached hydrogens (tertiary/aromatic N) is 3. The van der Waals surface area contributed by atoms with E-state index in [0.29, 0.717) is 25.7 Å². The second kappa shape index (κ2) is 9.99. The van der Waals surface area contributed by atoms with E-state index >= 15 is 0 Å². The van der Waals surface area contributed by atoms with Crippen molar-refractivity contribution >= 4 is 11.9 Å². The van der Waals surface area contributed by atoms with Crippen LogP contribution in [0.4, 0.5) is 0 Å². The highest BCUT2D eigenvalue weighted by Gasteiger charge is 2.30. The summed E-state index contributed by atoms with van der Waals surface area (Å²) in [6.07, 6.45) is 6.58. The molecule has 2 aliphatic rings. The molecule has 24 heavy (non-hydrogen) atoms. The van der Waals surface area contributed by atoms with Crippen LogP contribution in [0.25, 0.3) is 0 Å². The number of piperazine rings is 1. The molecule has 0 aromatic heterocycles. The molecule has 2 aliphatic heterocycles. The highest BCUT2D eigenvalue weighted by Crippen LogP contribution is 2.17. The number of esters is 1. The van der Waals surface area contributed by atoms with Gasteiger partial charge in [-0.3, -0.25) is 9.69 Å². The number of rotatable bonds is 6. The molecule has 0 aromatic rings. The molecular formula is C18H33N3O3. The van der Waals surface area contributed by atoms with Gasteiger partial charge in [-0.05, 0) is 39.4 Å². The third-order valence-corrected chi connectivity index (χ3v) is 5.21. The van der Waals surface area contributed by atoms with Crippen molar-refractivity contribution in [2.24, 2.45) is 0 Å². The van der Waals surface area contributed by atoms with Gasteiger partial charge >= 0.3 is 11.9 Å². The van der Waals surface area contributed by atoms with Crippen LogP contribution in [-0.4, -0.2) is 85.5 Å². The largest absolute Gasteiger partial charge is 0.459 e. The quantitative estimate of drug-likeness (QED) is 0.415. The number of amides is 1. The average molecular weight is 339 g/mol. The third-order valence-electron chi connectivity index (χ3n) is 5.21. The van der Waals surface area contributed by atoms with Crippen molar-refractivity contribution in [2.75, 3.05) is 52.9 Å². The Hall–Kier alpha value is -1.14. The van der Waals surface area contributed by atoms with Gasteiger partial charge in [-0.25, -0.2) is 4.79 Å². The maximum Gasteiger partial charge on any atom is 0.397 e. The van der Waals surface area contributed by atoms with Gasteiger partial charge in [0.15, 0.2) is 0 Å². The Morgan fingerprint density at radius 3 is 2.25 bits per heavy atom. The van der Waals surface area contributed by atoms with Crippen LogP contribution in [0.1, 0.15) is 45.4 Å². The Morgan fingerprint density at radius 2 is 1.62 bits per heavy atom. The van der Waals surface area contributed by atoms with E-state index in [-0.39, 0.29) is 0 Å². The van der Waals surface area contributed by atoms with E-state index in [4.69, 9.17) is 4.74 Å². The Balaban J connectivity index is 1.65. The molecule has 0 aromatic carbocycles. The van der Waals surface area contributed by atoms with Gasteiger partial charge in [-0.15, -0.1) is 0 Å². The van der Waals surface area contributed by atoms with Gasteiger partial charge in [0.25, 0.3) is 0 Å². The summed E-state index contributed by atoms with van der Waals surface area (Å²) in [6, 6.07) is 0.629. The van der Waals surface area contributed by atoms with Gasteiger partial charge in [-0.2, -0.15) is 0 Å². The van der Waals surface area contributed by atoms with Crippen LogP contribution in [0.15, 0.2) is 0 Å². The molecule has 6 heteroatoms. The molecule has 0 saturated carbocycles. The van der Waals surface area contributed by atoms with Crippen molar-refractivity contribution in [3.63, 3.8) is 0 Å². The molecule has 2 fully saturated rings. The first-order valence-corrected chi connectivity index (χ1v) is 9.50. The predicted octanol–water partition coefficient (Wildman–Crippen LogP) is 1.35. The molecule has 2 saturated heterocycles. The third kappa shape index (κ3) is 5.74. The molecular weight excluding hydrogens is 306 g/mol. The van der Waals surface area contributed by atoms with E-state index in [1.54, 1.807) is 4.90 Å². The van der Waals surface area contributed by atoms with Crippen molar-refractivity contribution in [3.8, 4) is 0 Å². The van der Waals surface area contributed by atoms with Gasteiger partial charge in [0.1, 0.15) is 0 Å². The lowest BCUT2D eigenvalue weighted by atomic mass is 10.0. The Bertz CT molecular complexity index is 400. The lowest BCUT2D eigenvalue weighted by molar-refractivity contribution is -0.161. The fourth-order valence-electron chi connectivity index (χ4n) is 3.53. The van der Waals surface area contributed by atoms with Crippen molar-refractivity contribution in [1.29, 1.82) is 0 Å². The summed E-state index contributed by atoms with van der Waals surface area (Å²) in [5, 5.41) is 0. The van der Waals surface area contributed by atoms with Gasteiger partial charge in [0.2, 0.25) is 0 Å². The maximum atomic E-state index is 12.2. The fourth-order valence-corrected chi connectivity index (χ4v) is 3.53. The maximum absolute atomic E-state index is 12.2. The first kappa shape index (κ1) is 19.2. The van der Waals surface area contributed by atoms with Crippen LogP contribution < -0.4 is 0 Å². The van der Waals surface area contributed by atoms with Crippen LogP contribution in [0.5, 0.6) is 0 Å². The zero-order valence-corrected chi connectivity index (χ0v) is 15.3. The topological polar surface area (TPSA) is 53.1 Å². The Morgan fingerprint density at radius 1 is 0.958 bits per heavy atom. The van der Waals surface area contributed by atoms with Gasteiger partial charge in [0, 0.05) is 32.2 Å². The zero-order valence-electron chi connectivity index (χ0n) is 15.3. The Labute approximate surface area is 146 Å². The predicted molar refractivity (Wildman–Crippen MR) is 93.8 cm³/mol. The molecule has 138 valence electrons. The molecule has 1 amide bonds. The van der Waals surface area contributed by atoms with Crippen molar-refractivity contribution in [2.45, 2.75) is 51.5 Å². The number of piperidine rings is 1. The van der Waals surface area contributed by atoms with Gasteiger partial charge in [0.05, 0.1) is 6.61 Å². The van der Waals surface area contributed by atoms with E-state index in [0.717, 1.165) is 51.9 Å². The number of carbonyl (C=O) groups is 2. The highest BCUT2D eigenvalue weighted by molar-refractivity contribution is 6.32. The number of carbonyl (C=O) groups excluding carboxylic acids is 2. The molecule has 6 nitrogen and oxygen atoms in total. The molecule has 2 rings (SSSR count). The minimum atomic E-state index is -0.681. The summed E-state index contributed by atoms with van der Waals surface area (Å²) in [5.74, 6) is -1.15. The van der Waals surface area contributed by atoms with Crippen molar-refractivity contribution < 1.29 is 14.3 Å². The average Bonchev–Trinajstić information content (AvgIpc) is 2.61. The summed E-state index contributed by atoms with van der Waals surface area (Å²) in [5.41, 5.74) is 0. The standard InChI is InChI=1S/C18H33N3O3/c1-3-4-5-6-15-24-18(23)17(22)21-13-11-20(12-14-21)16-7-9-19(2)10-8-16/h16H,3-15H2,1-2H3. The molecule has 0 bridgehead atoms. The highest BCUT2D eigenvalue weighted by atomic mass is 16.5. The normalized spacial score (nSPS) is 21.0. The van der Waals surface area contributed by atoms with Crippen LogP contribution in [0, 0.1) is 0 Å². The van der Waals surface area contributed by atoms with Crippen molar-refractivity contribution in [1.82, 2.24) is 14.7 Å². The first-order valence-electron chi connectivity index (χ1n) is 9.50. The number of ether oxygens (including phenoxy) is 1. The molecule has 0 unspecified atom stereocenters. The molecule has 0 atom stereocenters. The van der Waals surface area contributed by atoms with Gasteiger partial charge in [-0.1, -0.05) is 26.2 Å². The molecule has 0 radical (unpaired) electrons. The van der Waals surface area contributed by atoms with Crippen LogP contribution in [0.3, 0.4) is 0 Å². The molecule has 2 heterocycles. The smallest absolute Gasteiger partial charge is 0.397 e. The number of unbranched alkanes of at least 4 members (excludes halogenated alkanes) is 3. The van der Waals surface area contributed by atoms with Crippen LogP contribution in [-0.2, 0) is 14.3 Å². The number of hydrogen-bond donors (Lipinski definition) is 0. The number of likely N-dealkylation sites (tertiary alicyclic amines) is 1. The SMILES string of the molecule is CCCCCCOC(=O)C(=O)N1CCN(C2CCN(C)CC2)CC1. The second-order valence-electron chi connectivity index (χ2n) is 7.06. The van der Waals surface area contributed by atoms with E-state index in [2.05, 4.69) is 23.8 Å². The summed E-state index contributed by atoms with van der Waals surface area (Å²) < 4.78 is 5.11. The van der Waals surface area contributed by atoms with Gasteiger partial charge < -0.3 is 14.5 Å². The van der Waals surface area contributed by atoms with Crippen LogP contribution in [0.2, 0.25) is 0 Å². The van der Waals surface area contributed by atoms with E-state index in [1.165, 1.54) is 12.8 Å². The Kier molecular flexibility index (Phi) is 7.99. The monoisotopic (exact) mass is 339 g/mol. The summed E-state index contributed by atoms with van der Waals surface area (Å²) in [6.45, 7) is 7.79. The minimum Gasteiger partial charge on any atom is -0.459 e. The lowest BCUT2D eigenvalue weighted by Gasteiger charge is -2.41. The second-order valence-corrected chi connectivity index (χ2v) is 7.06. The molecule has 0 N–H and O–H groups in total. The molecule has 0 aliphatic carbocycles. The fraction of sp³-hybridized carbons (Fsp3) is 0.889. The summed E-state index contributed by atoms with van der Waals surface area (Å²) in [7, 11) is 2.17. The summed E-state index contributed by atoms with van der Waals surface area (Å²) in [4.78, 5) is 30.5. The van der Waals surface area contributed by atoms with Crippen molar-refractivity contribution in [3.05, 3.63) is 0 Å². The van der Waals surface area contributed by atoms with E-state index in [9.17, 15) is 9.59 Å². The zero-order chi connectivity index (χ0) is 17.4. The summed E-state index contributed by atoms with van der Waals surface area (Å²) >= 11 is 0. The molecule has 0 spiro atoms. The van der Waals surface area contributed by atoms with E-state index in [1.807, 2.05) is 0 Å². The number of hydrogen-bond acceptors (Lipinski definition) is 5. The minimum absolute atomic E-state index is 0.361. The lowest BCUT2D eigenvalue weighted by Crippen LogP contribution is -2.55. The van der Waals surface area contributed by atoms with Crippen LogP contribution >= 0.6 is 0 Å². The van der Waals surface area contributed by atoms with E-state index < -0.39 is 11.9 Å².